The zero-order valence-corrected chi connectivity index (χ0v) is 13.2. The summed E-state index contributed by atoms with van der Waals surface area (Å²) in [6.07, 6.45) is 5.73. The first kappa shape index (κ1) is 15.3. The van der Waals surface area contributed by atoms with Gasteiger partial charge in [-0.25, -0.2) is 4.98 Å². The van der Waals surface area contributed by atoms with Crippen LogP contribution in [0.5, 0.6) is 0 Å². The van der Waals surface area contributed by atoms with Crippen LogP contribution in [-0.4, -0.2) is 41.5 Å². The molecule has 0 amide bonds. The molecule has 0 spiro atoms. The summed E-state index contributed by atoms with van der Waals surface area (Å²) in [5.41, 5.74) is 0.388. The predicted octanol–water partition coefficient (Wildman–Crippen LogP) is 1.65. The number of nitrogens with one attached hydrogen (secondary N) is 1. The maximum absolute atomic E-state index is 6.10. The fraction of sp³-hybridized carbons (Fsp3) is 0.643. The van der Waals surface area contributed by atoms with Gasteiger partial charge in [-0.05, 0) is 46.3 Å². The van der Waals surface area contributed by atoms with Gasteiger partial charge in [0.2, 0.25) is 0 Å². The highest BCUT2D eigenvalue weighted by Crippen LogP contribution is 2.38. The van der Waals surface area contributed by atoms with Crippen molar-refractivity contribution in [2.24, 2.45) is 7.05 Å². The second-order valence-electron chi connectivity index (χ2n) is 6.23. The van der Waals surface area contributed by atoms with Crippen molar-refractivity contribution in [2.45, 2.75) is 38.9 Å². The topological polar surface area (TPSA) is 48.3 Å². The molecule has 110 valence electrons. The highest BCUT2D eigenvalue weighted by atomic mass is 16.7. The number of aromatic nitrogens is 2. The van der Waals surface area contributed by atoms with E-state index in [0.29, 0.717) is 6.54 Å². The van der Waals surface area contributed by atoms with Crippen molar-refractivity contribution in [3.63, 3.8) is 0 Å². The molecule has 6 heteroatoms. The Labute approximate surface area is 121 Å². The molecule has 1 saturated heterocycles. The Morgan fingerprint density at radius 2 is 1.95 bits per heavy atom. The number of rotatable bonds is 4. The lowest BCUT2D eigenvalue weighted by atomic mass is 9.77. The molecule has 1 aromatic rings. The van der Waals surface area contributed by atoms with Crippen molar-refractivity contribution in [1.29, 1.82) is 0 Å². The highest BCUT2D eigenvalue weighted by molar-refractivity contribution is 6.55. The van der Waals surface area contributed by atoms with Crippen LogP contribution < -0.4 is 5.32 Å². The number of nitrogens with zero attached hydrogens (tertiary/aromatic N) is 2. The van der Waals surface area contributed by atoms with Gasteiger partial charge < -0.3 is 19.2 Å². The van der Waals surface area contributed by atoms with Gasteiger partial charge >= 0.3 is 7.12 Å². The summed E-state index contributed by atoms with van der Waals surface area (Å²) in [6, 6.07) is 0. The second-order valence-corrected chi connectivity index (χ2v) is 6.23. The van der Waals surface area contributed by atoms with Crippen LogP contribution in [0.15, 0.2) is 17.9 Å². The van der Waals surface area contributed by atoms with Crippen molar-refractivity contribution in [2.75, 3.05) is 13.6 Å². The molecule has 1 aliphatic heterocycles. The Kier molecular flexibility index (Phi) is 4.09. The highest BCUT2D eigenvalue weighted by Gasteiger charge is 2.52. The predicted molar refractivity (Wildman–Crippen MR) is 81.2 cm³/mol. The first-order valence-electron chi connectivity index (χ1n) is 6.95. The third-order valence-electron chi connectivity index (χ3n) is 4.11. The molecule has 5 nitrogen and oxygen atoms in total. The molecule has 1 aliphatic rings. The smallest absolute Gasteiger partial charge is 0.400 e. The summed E-state index contributed by atoms with van der Waals surface area (Å²) >= 11 is 0. The Morgan fingerprint density at radius 3 is 2.40 bits per heavy atom. The lowest BCUT2D eigenvalue weighted by Gasteiger charge is -2.32. The number of hydrogen-bond donors (Lipinski definition) is 1. The fourth-order valence-electron chi connectivity index (χ4n) is 2.08. The van der Waals surface area contributed by atoms with Gasteiger partial charge in [-0.15, -0.1) is 0 Å². The molecule has 0 aromatic carbocycles. The van der Waals surface area contributed by atoms with Crippen molar-refractivity contribution < 1.29 is 9.31 Å². The number of aryl methyl sites for hydroxylation is 1. The molecule has 0 bridgehead atoms. The third kappa shape index (κ3) is 2.82. The summed E-state index contributed by atoms with van der Waals surface area (Å²) in [5.74, 6) is 0.893. The van der Waals surface area contributed by atoms with E-state index in [9.17, 15) is 0 Å². The minimum Gasteiger partial charge on any atom is -0.400 e. The zero-order chi connectivity index (χ0) is 15.0. The van der Waals surface area contributed by atoms with Crippen molar-refractivity contribution >= 4 is 13.2 Å². The molecule has 0 atom stereocenters. The zero-order valence-electron chi connectivity index (χ0n) is 13.2. The van der Waals surface area contributed by atoms with Gasteiger partial charge in [-0.1, -0.05) is 0 Å². The van der Waals surface area contributed by atoms with Crippen molar-refractivity contribution in [3.05, 3.63) is 23.7 Å². The quantitative estimate of drug-likeness (QED) is 0.850. The van der Waals surface area contributed by atoms with Crippen LogP contribution in [0, 0.1) is 0 Å². The Hall–Kier alpha value is -1.11. The third-order valence-corrected chi connectivity index (χ3v) is 4.11. The summed E-state index contributed by atoms with van der Waals surface area (Å²) in [7, 11) is 3.54. The van der Waals surface area contributed by atoms with Crippen LogP contribution in [0.2, 0.25) is 0 Å². The van der Waals surface area contributed by atoms with Crippen LogP contribution >= 0.6 is 0 Å². The number of likely N-dealkylation sites (N-methyl/N-ethyl adjacent to an activating group) is 1. The summed E-state index contributed by atoms with van der Waals surface area (Å²) in [4.78, 5) is 4.33. The van der Waals surface area contributed by atoms with Crippen LogP contribution in [-0.2, 0) is 16.4 Å². The van der Waals surface area contributed by atoms with Crippen LogP contribution in [0.4, 0.5) is 0 Å². The maximum atomic E-state index is 6.10. The van der Waals surface area contributed by atoms with E-state index in [-0.39, 0.29) is 18.3 Å². The molecule has 1 fully saturated rings. The molecule has 0 saturated carbocycles. The summed E-state index contributed by atoms with van der Waals surface area (Å²) in [6.45, 7) is 8.94. The Bertz CT molecular complexity index is 492. The van der Waals surface area contributed by atoms with E-state index in [4.69, 9.17) is 9.31 Å². The van der Waals surface area contributed by atoms with Crippen LogP contribution in [0.3, 0.4) is 0 Å². The van der Waals surface area contributed by atoms with E-state index < -0.39 is 0 Å². The standard InChI is InChI=1S/C14H24BN3O2/c1-13(2)14(3,4)20-15(19-13)11(10-16-5)9-12-17-7-8-18(12)6/h7-9,16H,10H2,1-6H3. The van der Waals surface area contributed by atoms with Crippen LogP contribution in [0.25, 0.3) is 6.08 Å². The number of hydrogen-bond acceptors (Lipinski definition) is 4. The van der Waals surface area contributed by atoms with E-state index in [1.807, 2.05) is 30.9 Å². The first-order valence-corrected chi connectivity index (χ1v) is 6.95. The minimum atomic E-state index is -0.343. The molecule has 2 heterocycles. The van der Waals surface area contributed by atoms with E-state index in [1.165, 1.54) is 0 Å². The van der Waals surface area contributed by atoms with Gasteiger partial charge in [0.05, 0.1) is 11.2 Å². The SMILES string of the molecule is CNCC(=Cc1nccn1C)B1OC(C)(C)C(C)(C)O1. The normalized spacial score (nSPS) is 21.5. The molecule has 2 rings (SSSR count). The van der Waals surface area contributed by atoms with Crippen molar-refractivity contribution in [3.8, 4) is 0 Å². The van der Waals surface area contributed by atoms with E-state index in [1.54, 1.807) is 6.20 Å². The second kappa shape index (κ2) is 5.35. The molecule has 1 aromatic heterocycles. The molecular weight excluding hydrogens is 253 g/mol. The lowest BCUT2D eigenvalue weighted by molar-refractivity contribution is 0.00578. The molecular formula is C14H24BN3O2. The van der Waals surface area contributed by atoms with E-state index in [0.717, 1.165) is 11.3 Å². The summed E-state index contributed by atoms with van der Waals surface area (Å²) in [5, 5.41) is 3.17. The van der Waals surface area contributed by atoms with Gasteiger partial charge in [0.1, 0.15) is 5.82 Å². The first-order chi connectivity index (χ1) is 9.27. The summed E-state index contributed by atoms with van der Waals surface area (Å²) < 4.78 is 14.2. The van der Waals surface area contributed by atoms with E-state index >= 15 is 0 Å². The largest absolute Gasteiger partial charge is 0.492 e. The Morgan fingerprint density at radius 1 is 1.35 bits per heavy atom. The molecule has 0 unspecified atom stereocenters. The van der Waals surface area contributed by atoms with Gasteiger partial charge in [0.15, 0.2) is 0 Å². The van der Waals surface area contributed by atoms with Gasteiger partial charge in [0.25, 0.3) is 0 Å². The molecule has 1 N–H and O–H groups in total. The minimum absolute atomic E-state index is 0.327. The molecule has 20 heavy (non-hydrogen) atoms. The average molecular weight is 277 g/mol. The van der Waals surface area contributed by atoms with Gasteiger partial charge in [0, 0.05) is 26.0 Å². The van der Waals surface area contributed by atoms with E-state index in [2.05, 4.69) is 38.0 Å². The number of imidazole rings is 1. The van der Waals surface area contributed by atoms with Gasteiger partial charge in [-0.3, -0.25) is 0 Å². The lowest BCUT2D eigenvalue weighted by Crippen LogP contribution is -2.41. The van der Waals surface area contributed by atoms with Gasteiger partial charge in [-0.2, -0.15) is 0 Å². The van der Waals surface area contributed by atoms with Crippen LogP contribution in [0.1, 0.15) is 33.5 Å². The maximum Gasteiger partial charge on any atom is 0.492 e. The monoisotopic (exact) mass is 277 g/mol. The fourth-order valence-corrected chi connectivity index (χ4v) is 2.08. The molecule has 0 radical (unpaired) electrons. The van der Waals surface area contributed by atoms with Crippen molar-refractivity contribution in [1.82, 2.24) is 14.9 Å². The average Bonchev–Trinajstić information content (AvgIpc) is 2.81. The molecule has 0 aliphatic carbocycles. The Balaban J connectivity index is 2.27.